The zero-order valence-electron chi connectivity index (χ0n) is 11.7. The third kappa shape index (κ3) is 1.76. The summed E-state index contributed by atoms with van der Waals surface area (Å²) >= 11 is 0. The van der Waals surface area contributed by atoms with Crippen molar-refractivity contribution < 1.29 is 9.53 Å². The van der Waals surface area contributed by atoms with Crippen LogP contribution in [0, 0.1) is 0 Å². The van der Waals surface area contributed by atoms with Gasteiger partial charge >= 0.3 is 0 Å². The zero-order valence-corrected chi connectivity index (χ0v) is 11.7. The summed E-state index contributed by atoms with van der Waals surface area (Å²) in [5, 5.41) is 5.28. The fourth-order valence-corrected chi connectivity index (χ4v) is 2.90. The first-order chi connectivity index (χ1) is 10.3. The molecule has 0 amide bonds. The molecule has 0 fully saturated rings. The van der Waals surface area contributed by atoms with Gasteiger partial charge in [-0.15, -0.1) is 0 Å². The highest BCUT2D eigenvalue weighted by Gasteiger charge is 2.24. The first-order valence-corrected chi connectivity index (χ1v) is 6.97. The Bertz CT molecular complexity index is 864. The van der Waals surface area contributed by atoms with Crippen molar-refractivity contribution in [3.05, 3.63) is 59.3 Å². The topological polar surface area (TPSA) is 44.1 Å². The number of fused-ring (bicyclic) bond motifs is 2. The highest BCUT2D eigenvalue weighted by atomic mass is 16.5. The number of hydrogen-bond donors (Lipinski definition) is 0. The molecule has 2 aromatic carbocycles. The molecule has 3 aromatic rings. The van der Waals surface area contributed by atoms with Gasteiger partial charge in [0.25, 0.3) is 0 Å². The van der Waals surface area contributed by atoms with Crippen LogP contribution in [0.2, 0.25) is 0 Å². The number of hydrogen-bond acceptors (Lipinski definition) is 3. The number of benzene rings is 2. The highest BCUT2D eigenvalue weighted by molar-refractivity contribution is 6.16. The standard InChI is InChI=1S/C17H14N2O2/c1-19-14-8-3-2-6-12(14)15(18-19)16(20)13-7-4-5-11-9-10-21-17(11)13/h2-8H,9-10H2,1H3. The molecule has 1 aromatic heterocycles. The maximum absolute atomic E-state index is 12.9. The Morgan fingerprint density at radius 2 is 2.05 bits per heavy atom. The second kappa shape index (κ2) is 4.45. The fourth-order valence-electron chi connectivity index (χ4n) is 2.90. The lowest BCUT2D eigenvalue weighted by atomic mass is 10.0. The molecule has 0 radical (unpaired) electrons. The van der Waals surface area contributed by atoms with Crippen molar-refractivity contribution >= 4 is 16.7 Å². The molecule has 4 heteroatoms. The number of rotatable bonds is 2. The Labute approximate surface area is 122 Å². The van der Waals surface area contributed by atoms with Crippen molar-refractivity contribution in [3.63, 3.8) is 0 Å². The molecule has 2 heterocycles. The van der Waals surface area contributed by atoms with Gasteiger partial charge in [0.1, 0.15) is 11.4 Å². The maximum Gasteiger partial charge on any atom is 0.217 e. The maximum atomic E-state index is 12.9. The number of carbonyl (C=O) groups is 1. The van der Waals surface area contributed by atoms with Crippen molar-refractivity contribution in [2.24, 2.45) is 7.05 Å². The third-order valence-corrected chi connectivity index (χ3v) is 3.93. The zero-order chi connectivity index (χ0) is 14.4. The molecule has 104 valence electrons. The van der Waals surface area contributed by atoms with Gasteiger partial charge in [0.05, 0.1) is 17.7 Å². The van der Waals surface area contributed by atoms with Crippen molar-refractivity contribution in [2.45, 2.75) is 6.42 Å². The number of carbonyl (C=O) groups excluding carboxylic acids is 1. The van der Waals surface area contributed by atoms with Gasteiger partial charge in [0.2, 0.25) is 5.78 Å². The minimum absolute atomic E-state index is 0.0782. The molecule has 0 saturated carbocycles. The van der Waals surface area contributed by atoms with E-state index in [4.69, 9.17) is 4.74 Å². The van der Waals surface area contributed by atoms with E-state index in [1.807, 2.05) is 49.5 Å². The second-order valence-electron chi connectivity index (χ2n) is 5.21. The van der Waals surface area contributed by atoms with E-state index in [1.54, 1.807) is 4.68 Å². The molecule has 0 bridgehead atoms. The van der Waals surface area contributed by atoms with Gasteiger partial charge < -0.3 is 4.74 Å². The molecule has 0 N–H and O–H groups in total. The van der Waals surface area contributed by atoms with Crippen LogP contribution >= 0.6 is 0 Å². The van der Waals surface area contributed by atoms with E-state index >= 15 is 0 Å². The molecule has 0 saturated heterocycles. The number of para-hydroxylation sites is 2. The Hall–Kier alpha value is -2.62. The number of nitrogens with zero attached hydrogens (tertiary/aromatic N) is 2. The number of ether oxygens (including phenoxy) is 1. The van der Waals surface area contributed by atoms with E-state index in [0.29, 0.717) is 17.9 Å². The summed E-state index contributed by atoms with van der Waals surface area (Å²) in [7, 11) is 1.85. The Morgan fingerprint density at radius 3 is 2.95 bits per heavy atom. The summed E-state index contributed by atoms with van der Waals surface area (Å²) in [6.07, 6.45) is 0.861. The molecular formula is C17H14N2O2. The first kappa shape index (κ1) is 12.1. The lowest BCUT2D eigenvalue weighted by Crippen LogP contribution is -2.05. The van der Waals surface area contributed by atoms with Gasteiger partial charge in [-0.1, -0.05) is 30.3 Å². The Kier molecular flexibility index (Phi) is 2.57. The summed E-state index contributed by atoms with van der Waals surface area (Å²) in [4.78, 5) is 12.9. The molecule has 4 nitrogen and oxygen atoms in total. The Balaban J connectivity index is 1.90. The average molecular weight is 278 g/mol. The van der Waals surface area contributed by atoms with Crippen LogP contribution in [-0.4, -0.2) is 22.2 Å². The lowest BCUT2D eigenvalue weighted by molar-refractivity contribution is 0.103. The van der Waals surface area contributed by atoms with Crippen LogP contribution in [-0.2, 0) is 13.5 Å². The molecule has 0 unspecified atom stereocenters. The minimum Gasteiger partial charge on any atom is -0.492 e. The summed E-state index contributed by atoms with van der Waals surface area (Å²) in [5.41, 5.74) is 3.14. The van der Waals surface area contributed by atoms with Crippen molar-refractivity contribution in [2.75, 3.05) is 6.61 Å². The minimum atomic E-state index is -0.0782. The number of aryl methyl sites for hydroxylation is 1. The van der Waals surface area contributed by atoms with Crippen LogP contribution in [0.1, 0.15) is 21.6 Å². The van der Waals surface area contributed by atoms with E-state index < -0.39 is 0 Å². The largest absolute Gasteiger partial charge is 0.492 e. The Morgan fingerprint density at radius 1 is 1.19 bits per heavy atom. The van der Waals surface area contributed by atoms with Gasteiger partial charge in [-0.3, -0.25) is 9.48 Å². The van der Waals surface area contributed by atoms with E-state index in [-0.39, 0.29) is 5.78 Å². The molecule has 1 aliphatic rings. The van der Waals surface area contributed by atoms with E-state index in [0.717, 1.165) is 28.6 Å². The van der Waals surface area contributed by atoms with E-state index in [1.165, 1.54) is 0 Å². The van der Waals surface area contributed by atoms with E-state index in [9.17, 15) is 4.79 Å². The predicted octanol–water partition coefficient (Wildman–Crippen LogP) is 2.74. The van der Waals surface area contributed by atoms with Crippen LogP contribution < -0.4 is 4.74 Å². The molecule has 1 aliphatic heterocycles. The van der Waals surface area contributed by atoms with Crippen LogP contribution in [0.4, 0.5) is 0 Å². The molecule has 21 heavy (non-hydrogen) atoms. The molecular weight excluding hydrogens is 264 g/mol. The van der Waals surface area contributed by atoms with Crippen molar-refractivity contribution in [1.29, 1.82) is 0 Å². The second-order valence-corrected chi connectivity index (χ2v) is 5.21. The summed E-state index contributed by atoms with van der Waals surface area (Å²) in [6, 6.07) is 13.5. The smallest absolute Gasteiger partial charge is 0.217 e. The van der Waals surface area contributed by atoms with Gasteiger partial charge in [-0.25, -0.2) is 0 Å². The van der Waals surface area contributed by atoms with Gasteiger partial charge in [-0.2, -0.15) is 5.10 Å². The molecule has 0 aliphatic carbocycles. The lowest BCUT2D eigenvalue weighted by Gasteiger charge is -2.05. The highest BCUT2D eigenvalue weighted by Crippen LogP contribution is 2.32. The van der Waals surface area contributed by atoms with Crippen LogP contribution in [0.25, 0.3) is 10.9 Å². The third-order valence-electron chi connectivity index (χ3n) is 3.93. The van der Waals surface area contributed by atoms with Gasteiger partial charge in [-0.05, 0) is 17.7 Å². The van der Waals surface area contributed by atoms with Gasteiger partial charge in [0, 0.05) is 18.9 Å². The number of aromatic nitrogens is 2. The quantitative estimate of drug-likeness (QED) is 0.677. The SMILES string of the molecule is Cn1nc(C(=O)c2cccc3c2OCC3)c2ccccc21. The van der Waals surface area contributed by atoms with Crippen molar-refractivity contribution in [1.82, 2.24) is 9.78 Å². The van der Waals surface area contributed by atoms with Crippen LogP contribution in [0.3, 0.4) is 0 Å². The average Bonchev–Trinajstić information content (AvgIpc) is 3.11. The van der Waals surface area contributed by atoms with Crippen molar-refractivity contribution in [3.8, 4) is 5.75 Å². The predicted molar refractivity (Wildman–Crippen MR) is 79.8 cm³/mol. The molecule has 0 atom stereocenters. The fraction of sp³-hybridized carbons (Fsp3) is 0.176. The first-order valence-electron chi connectivity index (χ1n) is 6.97. The normalized spacial score (nSPS) is 13.2. The summed E-state index contributed by atoms with van der Waals surface area (Å²) in [6.45, 7) is 0.641. The summed E-state index contributed by atoms with van der Waals surface area (Å²) in [5.74, 6) is 0.641. The van der Waals surface area contributed by atoms with Crippen LogP contribution in [0.5, 0.6) is 5.75 Å². The molecule has 0 spiro atoms. The number of ketones is 1. The summed E-state index contributed by atoms with van der Waals surface area (Å²) < 4.78 is 7.38. The van der Waals surface area contributed by atoms with E-state index in [2.05, 4.69) is 5.10 Å². The monoisotopic (exact) mass is 278 g/mol. The molecule has 4 rings (SSSR count). The van der Waals surface area contributed by atoms with Crippen LogP contribution in [0.15, 0.2) is 42.5 Å². The van der Waals surface area contributed by atoms with Gasteiger partial charge in [0.15, 0.2) is 0 Å².